The Kier molecular flexibility index (Phi) is 5.25. The molecular formula is C18H15NO5S. The maximum Gasteiger partial charge on any atom is 0.351 e. The largest absolute Gasteiger partial charge is 0.452 e. The van der Waals surface area contributed by atoms with Crippen molar-refractivity contribution >= 4 is 34.2 Å². The number of ether oxygens (including phenoxy) is 1. The molecule has 0 saturated carbocycles. The number of nitrogens with one attached hydrogen (secondary N) is 1. The first-order valence-corrected chi connectivity index (χ1v) is 8.50. The monoisotopic (exact) mass is 357 g/mol. The molecule has 0 fully saturated rings. The number of carbonyl (C=O) groups is 2. The lowest BCUT2D eigenvalue weighted by Gasteiger charge is -2.06. The molecule has 128 valence electrons. The van der Waals surface area contributed by atoms with Crippen LogP contribution in [0, 0.1) is 0 Å². The fourth-order valence-electron chi connectivity index (χ4n) is 2.24. The van der Waals surface area contributed by atoms with Crippen molar-refractivity contribution in [2.75, 3.05) is 13.2 Å². The summed E-state index contributed by atoms with van der Waals surface area (Å²) in [6, 6.07) is 12.2. The fourth-order valence-corrected chi connectivity index (χ4v) is 2.95. The average molecular weight is 357 g/mol. The number of hydrogen-bond acceptors (Lipinski definition) is 6. The van der Waals surface area contributed by atoms with Gasteiger partial charge in [0, 0.05) is 16.8 Å². The number of benzene rings is 1. The first-order valence-electron chi connectivity index (χ1n) is 7.62. The van der Waals surface area contributed by atoms with E-state index in [0.717, 1.165) is 4.88 Å². The van der Waals surface area contributed by atoms with Gasteiger partial charge in [0.15, 0.2) is 6.61 Å². The first-order chi connectivity index (χ1) is 12.1. The van der Waals surface area contributed by atoms with Gasteiger partial charge < -0.3 is 14.5 Å². The highest BCUT2D eigenvalue weighted by Crippen LogP contribution is 2.13. The Hall–Kier alpha value is -2.93. The number of fused-ring (bicyclic) bond motifs is 1. The van der Waals surface area contributed by atoms with E-state index < -0.39 is 24.1 Å². The lowest BCUT2D eigenvalue weighted by atomic mass is 10.2. The Balaban J connectivity index is 1.54. The number of thiophene rings is 1. The zero-order valence-electron chi connectivity index (χ0n) is 13.2. The minimum absolute atomic E-state index is 0.231. The molecule has 0 spiro atoms. The number of hydrogen-bond donors (Lipinski definition) is 1. The van der Waals surface area contributed by atoms with Crippen molar-refractivity contribution in [3.8, 4) is 0 Å². The highest BCUT2D eigenvalue weighted by atomic mass is 32.1. The Morgan fingerprint density at radius 1 is 1.16 bits per heavy atom. The number of carbonyl (C=O) groups excluding carboxylic acids is 2. The summed E-state index contributed by atoms with van der Waals surface area (Å²) in [6.07, 6.45) is 0.714. The highest BCUT2D eigenvalue weighted by Gasteiger charge is 2.16. The molecule has 2 aromatic heterocycles. The lowest BCUT2D eigenvalue weighted by molar-refractivity contribution is -0.124. The molecule has 1 N–H and O–H groups in total. The van der Waals surface area contributed by atoms with E-state index in [9.17, 15) is 14.4 Å². The molecule has 6 nitrogen and oxygen atoms in total. The van der Waals surface area contributed by atoms with Crippen LogP contribution >= 0.6 is 11.3 Å². The van der Waals surface area contributed by atoms with Gasteiger partial charge in [-0.2, -0.15) is 0 Å². The predicted octanol–water partition coefficient (Wildman–Crippen LogP) is 2.37. The predicted molar refractivity (Wildman–Crippen MR) is 93.8 cm³/mol. The Morgan fingerprint density at radius 2 is 2.00 bits per heavy atom. The molecule has 0 bridgehead atoms. The van der Waals surface area contributed by atoms with E-state index in [0.29, 0.717) is 23.9 Å². The zero-order chi connectivity index (χ0) is 17.6. The third kappa shape index (κ3) is 4.33. The van der Waals surface area contributed by atoms with Gasteiger partial charge in [-0.25, -0.2) is 9.59 Å². The molecule has 25 heavy (non-hydrogen) atoms. The number of esters is 1. The summed E-state index contributed by atoms with van der Waals surface area (Å²) in [7, 11) is 0. The molecule has 2 heterocycles. The fraction of sp³-hybridized carbons (Fsp3) is 0.167. The van der Waals surface area contributed by atoms with Gasteiger partial charge >= 0.3 is 11.6 Å². The standard InChI is InChI=1S/C18H15NO5S/c20-16(19-8-7-13-5-3-9-25-13)11-23-17(21)14-10-12-4-1-2-6-15(12)24-18(14)22/h1-6,9-10H,7-8,11H2,(H,19,20). The third-order valence-electron chi connectivity index (χ3n) is 3.47. The second kappa shape index (κ2) is 7.76. The normalized spacial score (nSPS) is 10.6. The van der Waals surface area contributed by atoms with Gasteiger partial charge in [-0.05, 0) is 30.0 Å². The van der Waals surface area contributed by atoms with Crippen LogP contribution in [-0.2, 0) is 16.0 Å². The van der Waals surface area contributed by atoms with Crippen molar-refractivity contribution < 1.29 is 18.7 Å². The van der Waals surface area contributed by atoms with Crippen molar-refractivity contribution in [1.29, 1.82) is 0 Å². The summed E-state index contributed by atoms with van der Waals surface area (Å²) in [6.45, 7) is 0.00452. The van der Waals surface area contributed by atoms with Gasteiger partial charge in [-0.15, -0.1) is 11.3 Å². The molecule has 0 aliphatic rings. The van der Waals surface area contributed by atoms with E-state index in [2.05, 4.69) is 5.32 Å². The van der Waals surface area contributed by atoms with Gasteiger partial charge in [-0.3, -0.25) is 4.79 Å². The van der Waals surface area contributed by atoms with Crippen LogP contribution in [0.1, 0.15) is 15.2 Å². The molecule has 3 aromatic rings. The molecule has 1 aromatic carbocycles. The molecule has 0 atom stereocenters. The lowest BCUT2D eigenvalue weighted by Crippen LogP contribution is -2.31. The van der Waals surface area contributed by atoms with E-state index >= 15 is 0 Å². The quantitative estimate of drug-likeness (QED) is 0.541. The van der Waals surface area contributed by atoms with Crippen molar-refractivity contribution in [1.82, 2.24) is 5.32 Å². The van der Waals surface area contributed by atoms with Crippen LogP contribution in [-0.4, -0.2) is 25.0 Å². The van der Waals surface area contributed by atoms with Crippen molar-refractivity contribution in [2.24, 2.45) is 0 Å². The van der Waals surface area contributed by atoms with Crippen LogP contribution in [0.4, 0.5) is 0 Å². The van der Waals surface area contributed by atoms with E-state index in [4.69, 9.17) is 9.15 Å². The van der Waals surface area contributed by atoms with Crippen LogP contribution < -0.4 is 10.9 Å². The van der Waals surface area contributed by atoms with Gasteiger partial charge in [-0.1, -0.05) is 24.3 Å². The minimum Gasteiger partial charge on any atom is -0.452 e. The number of para-hydroxylation sites is 1. The first kappa shape index (κ1) is 16.9. The molecule has 0 aliphatic carbocycles. The topological polar surface area (TPSA) is 85.6 Å². The van der Waals surface area contributed by atoms with Crippen molar-refractivity contribution in [3.05, 3.63) is 68.7 Å². The van der Waals surface area contributed by atoms with E-state index in [1.54, 1.807) is 35.6 Å². The smallest absolute Gasteiger partial charge is 0.351 e. The summed E-state index contributed by atoms with van der Waals surface area (Å²) in [5.74, 6) is -1.30. The van der Waals surface area contributed by atoms with Crippen LogP contribution in [0.25, 0.3) is 11.0 Å². The van der Waals surface area contributed by atoms with Crippen LogP contribution in [0.3, 0.4) is 0 Å². The van der Waals surface area contributed by atoms with Gasteiger partial charge in [0.05, 0.1) is 0 Å². The van der Waals surface area contributed by atoms with E-state index in [-0.39, 0.29) is 5.56 Å². The zero-order valence-corrected chi connectivity index (χ0v) is 14.0. The molecule has 3 rings (SSSR count). The summed E-state index contributed by atoms with van der Waals surface area (Å²) >= 11 is 1.61. The molecule has 0 unspecified atom stereocenters. The maximum absolute atomic E-state index is 12.0. The van der Waals surface area contributed by atoms with Crippen LogP contribution in [0.2, 0.25) is 0 Å². The molecule has 0 aliphatic heterocycles. The minimum atomic E-state index is -0.882. The van der Waals surface area contributed by atoms with Gasteiger partial charge in [0.25, 0.3) is 5.91 Å². The highest BCUT2D eigenvalue weighted by molar-refractivity contribution is 7.09. The summed E-state index contributed by atoms with van der Waals surface area (Å²) in [5, 5.41) is 5.23. The van der Waals surface area contributed by atoms with Gasteiger partial charge in [0.1, 0.15) is 11.1 Å². The van der Waals surface area contributed by atoms with Gasteiger partial charge in [0.2, 0.25) is 0 Å². The summed E-state index contributed by atoms with van der Waals surface area (Å²) in [5.41, 5.74) is -0.637. The Bertz CT molecular complexity index is 946. The number of amides is 1. The SMILES string of the molecule is O=C(COC(=O)c1cc2ccccc2oc1=O)NCCc1cccs1. The van der Waals surface area contributed by atoms with E-state index in [1.807, 2.05) is 17.5 Å². The second-order valence-electron chi connectivity index (χ2n) is 5.24. The molecule has 1 amide bonds. The molecule has 7 heteroatoms. The Morgan fingerprint density at radius 3 is 2.80 bits per heavy atom. The second-order valence-corrected chi connectivity index (χ2v) is 6.27. The Labute approximate surface area is 147 Å². The van der Waals surface area contributed by atoms with Crippen LogP contribution in [0.15, 0.2) is 57.1 Å². The molecule has 0 radical (unpaired) electrons. The van der Waals surface area contributed by atoms with Crippen molar-refractivity contribution in [2.45, 2.75) is 6.42 Å². The molecule has 0 saturated heterocycles. The van der Waals surface area contributed by atoms with Crippen LogP contribution in [0.5, 0.6) is 0 Å². The van der Waals surface area contributed by atoms with E-state index in [1.165, 1.54) is 6.07 Å². The molecular weight excluding hydrogens is 342 g/mol. The maximum atomic E-state index is 12.0. The summed E-state index contributed by atoms with van der Waals surface area (Å²) in [4.78, 5) is 36.7. The summed E-state index contributed by atoms with van der Waals surface area (Å²) < 4.78 is 9.97. The van der Waals surface area contributed by atoms with Crippen molar-refractivity contribution in [3.63, 3.8) is 0 Å². The third-order valence-corrected chi connectivity index (χ3v) is 4.41. The number of rotatable bonds is 6. The average Bonchev–Trinajstić information content (AvgIpc) is 3.12.